The molecule has 4 rings (SSSR count). The van der Waals surface area contributed by atoms with Crippen molar-refractivity contribution in [2.24, 2.45) is 0 Å². The molecule has 0 N–H and O–H groups in total. The molecule has 0 amide bonds. The molecule has 1 aromatic carbocycles. The Morgan fingerprint density at radius 1 is 1.00 bits per heavy atom. The van der Waals surface area contributed by atoms with E-state index in [-0.39, 0.29) is 0 Å². The second-order valence-electron chi connectivity index (χ2n) is 6.43. The van der Waals surface area contributed by atoms with E-state index < -0.39 is 0 Å². The Bertz CT molecular complexity index is 827. The molecule has 1 saturated heterocycles. The lowest BCUT2D eigenvalue weighted by Crippen LogP contribution is -2.46. The van der Waals surface area contributed by atoms with E-state index in [0.29, 0.717) is 0 Å². The summed E-state index contributed by atoms with van der Waals surface area (Å²) in [4.78, 5) is 13.4. The highest BCUT2D eigenvalue weighted by Crippen LogP contribution is 2.19. The molecule has 124 valence electrons. The molecule has 1 aliphatic heterocycles. The minimum absolute atomic E-state index is 0.797. The highest BCUT2D eigenvalue weighted by atomic mass is 15.4. The third kappa shape index (κ3) is 2.73. The van der Waals surface area contributed by atoms with Crippen molar-refractivity contribution < 1.29 is 0 Å². The average molecular weight is 322 g/mol. The Morgan fingerprint density at radius 2 is 1.75 bits per heavy atom. The highest BCUT2D eigenvalue weighted by molar-refractivity contribution is 5.47. The maximum Gasteiger partial charge on any atom is 0.175 e. The van der Waals surface area contributed by atoms with Crippen LogP contribution in [0.1, 0.15) is 16.7 Å². The Balaban J connectivity index is 1.46. The fraction of sp³-hybridized carbons (Fsp3) is 0.389. The Labute approximate surface area is 141 Å². The van der Waals surface area contributed by atoms with E-state index in [1.807, 2.05) is 10.7 Å². The number of fused-ring (bicyclic) bond motifs is 1. The first-order valence-electron chi connectivity index (χ1n) is 8.38. The van der Waals surface area contributed by atoms with Crippen LogP contribution in [0.5, 0.6) is 0 Å². The van der Waals surface area contributed by atoms with Crippen molar-refractivity contribution >= 4 is 11.5 Å². The van der Waals surface area contributed by atoms with E-state index in [1.54, 1.807) is 12.5 Å². The second kappa shape index (κ2) is 6.20. The van der Waals surface area contributed by atoms with Gasteiger partial charge in [0.15, 0.2) is 11.5 Å². The summed E-state index contributed by atoms with van der Waals surface area (Å²) in [6, 6.07) is 6.54. The van der Waals surface area contributed by atoms with Crippen molar-refractivity contribution in [3.8, 4) is 0 Å². The molecule has 0 atom stereocenters. The average Bonchev–Trinajstić information content (AvgIpc) is 3.08. The van der Waals surface area contributed by atoms with Crippen molar-refractivity contribution in [2.45, 2.75) is 20.4 Å². The minimum atomic E-state index is 0.797. The zero-order valence-electron chi connectivity index (χ0n) is 14.2. The molecule has 1 fully saturated rings. The summed E-state index contributed by atoms with van der Waals surface area (Å²) in [7, 11) is 0. The van der Waals surface area contributed by atoms with E-state index >= 15 is 0 Å². The Hall–Kier alpha value is -2.47. The summed E-state index contributed by atoms with van der Waals surface area (Å²) in [5.41, 5.74) is 5.03. The summed E-state index contributed by atoms with van der Waals surface area (Å²) in [6.45, 7) is 9.47. The van der Waals surface area contributed by atoms with E-state index in [4.69, 9.17) is 0 Å². The number of piperazine rings is 1. The Morgan fingerprint density at radius 3 is 2.50 bits per heavy atom. The summed E-state index contributed by atoms with van der Waals surface area (Å²) >= 11 is 0. The fourth-order valence-corrected chi connectivity index (χ4v) is 3.41. The first-order chi connectivity index (χ1) is 11.7. The van der Waals surface area contributed by atoms with Crippen molar-refractivity contribution in [1.29, 1.82) is 0 Å². The standard InChI is InChI=1S/C18H22N6/c1-14-4-3-5-15(2)16(14)12-22-6-8-23(9-7-22)18-11-19-10-17-20-13-21-24(17)18/h3-5,10-11,13H,6-9,12H2,1-2H3. The maximum atomic E-state index is 4.31. The fourth-order valence-electron chi connectivity index (χ4n) is 3.41. The van der Waals surface area contributed by atoms with Gasteiger partial charge in [-0.25, -0.2) is 4.98 Å². The number of aromatic nitrogens is 4. The first kappa shape index (κ1) is 15.1. The van der Waals surface area contributed by atoms with Crippen molar-refractivity contribution in [2.75, 3.05) is 31.1 Å². The van der Waals surface area contributed by atoms with Crippen LogP contribution < -0.4 is 4.90 Å². The lowest BCUT2D eigenvalue weighted by atomic mass is 10.0. The van der Waals surface area contributed by atoms with Gasteiger partial charge in [-0.15, -0.1) is 0 Å². The van der Waals surface area contributed by atoms with Gasteiger partial charge in [0, 0.05) is 32.7 Å². The number of benzene rings is 1. The Kier molecular flexibility index (Phi) is 3.90. The molecule has 0 unspecified atom stereocenters. The molecule has 1 aliphatic rings. The summed E-state index contributed by atoms with van der Waals surface area (Å²) in [6.07, 6.45) is 5.20. The van der Waals surface area contributed by atoms with Gasteiger partial charge in [-0.1, -0.05) is 18.2 Å². The first-order valence-corrected chi connectivity index (χ1v) is 8.38. The van der Waals surface area contributed by atoms with Gasteiger partial charge in [-0.3, -0.25) is 9.88 Å². The second-order valence-corrected chi connectivity index (χ2v) is 6.43. The quantitative estimate of drug-likeness (QED) is 0.739. The van der Waals surface area contributed by atoms with Gasteiger partial charge in [-0.2, -0.15) is 9.61 Å². The van der Waals surface area contributed by atoms with Crippen LogP contribution >= 0.6 is 0 Å². The van der Waals surface area contributed by atoms with Gasteiger partial charge >= 0.3 is 0 Å². The molecule has 2 aromatic heterocycles. The van der Waals surface area contributed by atoms with Crippen molar-refractivity contribution in [3.63, 3.8) is 0 Å². The van der Waals surface area contributed by atoms with Crippen molar-refractivity contribution in [3.05, 3.63) is 53.6 Å². The number of hydrogen-bond donors (Lipinski definition) is 0. The zero-order chi connectivity index (χ0) is 16.5. The van der Waals surface area contributed by atoms with Gasteiger partial charge in [0.25, 0.3) is 0 Å². The topological polar surface area (TPSA) is 49.6 Å². The molecule has 6 nitrogen and oxygen atoms in total. The molecular formula is C18H22N6. The van der Waals surface area contributed by atoms with Crippen LogP contribution in [0.4, 0.5) is 5.82 Å². The number of anilines is 1. The summed E-state index contributed by atoms with van der Waals surface area (Å²) in [5, 5.41) is 4.31. The molecule has 0 spiro atoms. The van der Waals surface area contributed by atoms with Gasteiger partial charge in [0.05, 0.1) is 12.4 Å². The summed E-state index contributed by atoms with van der Waals surface area (Å²) < 4.78 is 1.87. The predicted octanol–water partition coefficient (Wildman–Crippen LogP) is 2.06. The van der Waals surface area contributed by atoms with Gasteiger partial charge < -0.3 is 4.90 Å². The van der Waals surface area contributed by atoms with Crippen LogP contribution in [0.25, 0.3) is 5.65 Å². The van der Waals surface area contributed by atoms with Crippen molar-refractivity contribution in [1.82, 2.24) is 24.5 Å². The van der Waals surface area contributed by atoms with Crippen LogP contribution in [0, 0.1) is 13.8 Å². The van der Waals surface area contributed by atoms with Crippen LogP contribution in [0.3, 0.4) is 0 Å². The number of aryl methyl sites for hydroxylation is 2. The van der Waals surface area contributed by atoms with E-state index in [2.05, 4.69) is 56.9 Å². The molecule has 0 saturated carbocycles. The maximum absolute atomic E-state index is 4.31. The van der Waals surface area contributed by atoms with Crippen LogP contribution in [-0.4, -0.2) is 50.7 Å². The highest BCUT2D eigenvalue weighted by Gasteiger charge is 2.20. The lowest BCUT2D eigenvalue weighted by Gasteiger charge is -2.36. The normalized spacial score (nSPS) is 16.0. The van der Waals surface area contributed by atoms with E-state index in [9.17, 15) is 0 Å². The smallest absolute Gasteiger partial charge is 0.175 e. The molecule has 24 heavy (non-hydrogen) atoms. The third-order valence-electron chi connectivity index (χ3n) is 4.89. The number of rotatable bonds is 3. The van der Waals surface area contributed by atoms with E-state index in [0.717, 1.165) is 44.2 Å². The molecule has 3 heterocycles. The van der Waals surface area contributed by atoms with Crippen LogP contribution in [0.2, 0.25) is 0 Å². The monoisotopic (exact) mass is 322 g/mol. The largest absolute Gasteiger partial charge is 0.353 e. The zero-order valence-corrected chi connectivity index (χ0v) is 14.2. The SMILES string of the molecule is Cc1cccc(C)c1CN1CCN(c2cncc3ncnn23)CC1. The molecule has 0 radical (unpaired) electrons. The predicted molar refractivity (Wildman–Crippen MR) is 94.2 cm³/mol. The molecule has 0 aliphatic carbocycles. The molecule has 6 heteroatoms. The van der Waals surface area contributed by atoms with E-state index in [1.165, 1.54) is 16.7 Å². The van der Waals surface area contributed by atoms with Gasteiger partial charge in [0.1, 0.15) is 6.33 Å². The number of hydrogen-bond acceptors (Lipinski definition) is 5. The molecule has 0 bridgehead atoms. The minimum Gasteiger partial charge on any atom is -0.353 e. The number of nitrogens with zero attached hydrogens (tertiary/aromatic N) is 6. The molecule has 3 aromatic rings. The van der Waals surface area contributed by atoms with Crippen LogP contribution in [0.15, 0.2) is 36.9 Å². The summed E-state index contributed by atoms with van der Waals surface area (Å²) in [5.74, 6) is 1.02. The van der Waals surface area contributed by atoms with Crippen LogP contribution in [-0.2, 0) is 6.54 Å². The lowest BCUT2D eigenvalue weighted by molar-refractivity contribution is 0.248. The third-order valence-corrected chi connectivity index (χ3v) is 4.89. The van der Waals surface area contributed by atoms with Gasteiger partial charge in [-0.05, 0) is 30.5 Å². The molecular weight excluding hydrogens is 300 g/mol. The van der Waals surface area contributed by atoms with Gasteiger partial charge in [0.2, 0.25) is 0 Å².